The van der Waals surface area contributed by atoms with Crippen LogP contribution in [0.2, 0.25) is 0 Å². The van der Waals surface area contributed by atoms with E-state index < -0.39 is 17.8 Å². The molecular formula is C30H38F3N5O3. The van der Waals surface area contributed by atoms with Gasteiger partial charge in [-0.05, 0) is 80.8 Å². The van der Waals surface area contributed by atoms with E-state index >= 15 is 0 Å². The summed E-state index contributed by atoms with van der Waals surface area (Å²) in [7, 11) is 5.05. The SMILES string of the molecule is COCCN(C)C(=O)C1CCC(c2cc3c(N[C@@H](C)c4cc(N)cc(C(F)(F)F)c4)nc(C)nc3cc2OC)CC1. The summed E-state index contributed by atoms with van der Waals surface area (Å²) in [4.78, 5) is 23.8. The Morgan fingerprint density at radius 3 is 2.46 bits per heavy atom. The maximum atomic E-state index is 13.4. The van der Waals surface area contributed by atoms with E-state index in [-0.39, 0.29) is 23.4 Å². The van der Waals surface area contributed by atoms with E-state index in [1.165, 1.54) is 6.07 Å². The summed E-state index contributed by atoms with van der Waals surface area (Å²) >= 11 is 0. The number of nitrogens with one attached hydrogen (secondary N) is 1. The molecule has 3 aromatic rings. The number of rotatable bonds is 9. The van der Waals surface area contributed by atoms with Gasteiger partial charge < -0.3 is 25.4 Å². The minimum Gasteiger partial charge on any atom is -0.496 e. The average Bonchev–Trinajstić information content (AvgIpc) is 2.94. The third-order valence-electron chi connectivity index (χ3n) is 7.84. The van der Waals surface area contributed by atoms with Crippen molar-refractivity contribution in [3.63, 3.8) is 0 Å². The van der Waals surface area contributed by atoms with Gasteiger partial charge in [0.25, 0.3) is 0 Å². The number of amides is 1. The number of nitrogens with zero attached hydrogens (tertiary/aromatic N) is 3. The third-order valence-corrected chi connectivity index (χ3v) is 7.84. The molecule has 0 saturated heterocycles. The van der Waals surface area contributed by atoms with E-state index in [0.29, 0.717) is 41.6 Å². The predicted octanol–water partition coefficient (Wildman–Crippen LogP) is 6.10. The fourth-order valence-corrected chi connectivity index (χ4v) is 5.58. The number of ether oxygens (including phenoxy) is 2. The van der Waals surface area contributed by atoms with Crippen LogP contribution in [0.15, 0.2) is 30.3 Å². The Kier molecular flexibility index (Phi) is 9.26. The normalized spacial score (nSPS) is 18.2. The van der Waals surface area contributed by atoms with Crippen LogP contribution < -0.4 is 15.8 Å². The zero-order chi connectivity index (χ0) is 29.9. The fourth-order valence-electron chi connectivity index (χ4n) is 5.58. The summed E-state index contributed by atoms with van der Waals surface area (Å²) < 4.78 is 51.1. The van der Waals surface area contributed by atoms with E-state index in [1.807, 2.05) is 19.2 Å². The van der Waals surface area contributed by atoms with Crippen molar-refractivity contribution in [1.29, 1.82) is 0 Å². The van der Waals surface area contributed by atoms with Crippen molar-refractivity contribution in [1.82, 2.24) is 14.9 Å². The topological polar surface area (TPSA) is 103 Å². The van der Waals surface area contributed by atoms with Crippen molar-refractivity contribution < 1.29 is 27.4 Å². The van der Waals surface area contributed by atoms with Crippen LogP contribution in [0.1, 0.15) is 67.1 Å². The molecular weight excluding hydrogens is 535 g/mol. The smallest absolute Gasteiger partial charge is 0.416 e. The Morgan fingerprint density at radius 2 is 1.83 bits per heavy atom. The highest BCUT2D eigenvalue weighted by atomic mass is 19.4. The first kappa shape index (κ1) is 30.4. The standard InChI is InChI=1S/C30H38F3N5O3/c1-17(21-12-22(30(31,32)33)14-23(34)13-21)35-28-25-15-24(27(41-5)16-26(25)36-18(2)37-28)19-6-8-20(9-7-19)29(39)38(3)10-11-40-4/h12-17,19-20H,6-11,34H2,1-5H3,(H,35,36,37)/t17-,19?,20?/m0/s1. The Morgan fingerprint density at radius 1 is 1.12 bits per heavy atom. The zero-order valence-electron chi connectivity index (χ0n) is 24.1. The van der Waals surface area contributed by atoms with E-state index in [1.54, 1.807) is 33.0 Å². The van der Waals surface area contributed by atoms with Crippen LogP contribution in [0.25, 0.3) is 10.9 Å². The molecule has 0 aliphatic heterocycles. The monoisotopic (exact) mass is 573 g/mol. The van der Waals surface area contributed by atoms with E-state index in [4.69, 9.17) is 15.2 Å². The summed E-state index contributed by atoms with van der Waals surface area (Å²) in [5.41, 5.74) is 7.12. The average molecular weight is 574 g/mol. The lowest BCUT2D eigenvalue weighted by atomic mass is 9.77. The van der Waals surface area contributed by atoms with Gasteiger partial charge in [-0.2, -0.15) is 13.2 Å². The van der Waals surface area contributed by atoms with Gasteiger partial charge in [-0.3, -0.25) is 4.79 Å². The number of methoxy groups -OCH3 is 2. The number of nitrogen functional groups attached to an aromatic ring is 1. The zero-order valence-corrected chi connectivity index (χ0v) is 24.1. The van der Waals surface area contributed by atoms with Crippen molar-refractivity contribution in [3.8, 4) is 5.75 Å². The van der Waals surface area contributed by atoms with Gasteiger partial charge in [-0.15, -0.1) is 0 Å². The van der Waals surface area contributed by atoms with Gasteiger partial charge in [-0.1, -0.05) is 0 Å². The van der Waals surface area contributed by atoms with E-state index in [9.17, 15) is 18.0 Å². The number of carbonyl (C=O) groups is 1. The molecule has 1 amide bonds. The second-order valence-electron chi connectivity index (χ2n) is 10.8. The molecule has 1 saturated carbocycles. The highest BCUT2D eigenvalue weighted by Crippen LogP contribution is 2.42. The maximum absolute atomic E-state index is 13.4. The van der Waals surface area contributed by atoms with Crippen molar-refractivity contribution in [3.05, 3.63) is 52.8 Å². The van der Waals surface area contributed by atoms with Gasteiger partial charge >= 0.3 is 6.18 Å². The number of benzene rings is 2. The summed E-state index contributed by atoms with van der Waals surface area (Å²) in [6, 6.07) is 6.95. The Balaban J connectivity index is 1.61. The Labute approximate surface area is 238 Å². The van der Waals surface area contributed by atoms with Gasteiger partial charge in [-0.25, -0.2) is 9.97 Å². The summed E-state index contributed by atoms with van der Waals surface area (Å²) in [5.74, 6) is 2.05. The van der Waals surface area contributed by atoms with Crippen LogP contribution in [0.4, 0.5) is 24.7 Å². The molecule has 0 unspecified atom stereocenters. The van der Waals surface area contributed by atoms with Crippen LogP contribution in [0.5, 0.6) is 5.75 Å². The lowest BCUT2D eigenvalue weighted by molar-refractivity contribution is -0.137. The molecule has 3 N–H and O–H groups in total. The molecule has 0 bridgehead atoms. The number of likely N-dealkylation sites (N-methyl/N-ethyl adjacent to an activating group) is 1. The fraction of sp³-hybridized carbons (Fsp3) is 0.500. The molecule has 2 aromatic carbocycles. The minimum absolute atomic E-state index is 0.0245. The molecule has 11 heteroatoms. The summed E-state index contributed by atoms with van der Waals surface area (Å²) in [5, 5.41) is 4.04. The molecule has 0 spiro atoms. The second-order valence-corrected chi connectivity index (χ2v) is 10.8. The number of hydrogen-bond acceptors (Lipinski definition) is 7. The molecule has 1 fully saturated rings. The largest absolute Gasteiger partial charge is 0.496 e. The van der Waals surface area contributed by atoms with Crippen LogP contribution in [-0.2, 0) is 15.7 Å². The highest BCUT2D eigenvalue weighted by Gasteiger charge is 2.32. The first-order valence-corrected chi connectivity index (χ1v) is 13.8. The molecule has 0 radical (unpaired) electrons. The van der Waals surface area contributed by atoms with Crippen molar-refractivity contribution in [2.45, 2.75) is 57.7 Å². The molecule has 1 atom stereocenters. The minimum atomic E-state index is -4.50. The molecule has 1 aliphatic rings. The van der Waals surface area contributed by atoms with Crippen LogP contribution in [-0.4, -0.2) is 55.2 Å². The number of fused-ring (bicyclic) bond motifs is 1. The number of halogens is 3. The van der Waals surface area contributed by atoms with Gasteiger partial charge in [0.15, 0.2) is 0 Å². The maximum Gasteiger partial charge on any atom is 0.416 e. The van der Waals surface area contributed by atoms with E-state index in [0.717, 1.165) is 48.8 Å². The van der Waals surface area contributed by atoms with Crippen LogP contribution in [0, 0.1) is 12.8 Å². The lowest BCUT2D eigenvalue weighted by Gasteiger charge is -2.31. The van der Waals surface area contributed by atoms with Gasteiger partial charge in [0, 0.05) is 43.8 Å². The summed E-state index contributed by atoms with van der Waals surface area (Å²) in [6.45, 7) is 4.60. The first-order chi connectivity index (χ1) is 19.4. The number of anilines is 2. The Bertz CT molecular complexity index is 1390. The number of carbonyl (C=O) groups excluding carboxylic acids is 1. The number of hydrogen-bond donors (Lipinski definition) is 2. The van der Waals surface area contributed by atoms with Crippen LogP contribution in [0.3, 0.4) is 0 Å². The predicted molar refractivity (Wildman–Crippen MR) is 153 cm³/mol. The van der Waals surface area contributed by atoms with Crippen molar-refractivity contribution in [2.24, 2.45) is 5.92 Å². The van der Waals surface area contributed by atoms with Crippen LogP contribution >= 0.6 is 0 Å². The Hall–Kier alpha value is -3.60. The lowest BCUT2D eigenvalue weighted by Crippen LogP contribution is -2.36. The summed E-state index contributed by atoms with van der Waals surface area (Å²) in [6.07, 6.45) is -1.31. The van der Waals surface area contributed by atoms with Gasteiger partial charge in [0.2, 0.25) is 5.91 Å². The second kappa shape index (κ2) is 12.5. The molecule has 1 aromatic heterocycles. The number of alkyl halides is 3. The first-order valence-electron chi connectivity index (χ1n) is 13.8. The molecule has 8 nitrogen and oxygen atoms in total. The number of aryl methyl sites for hydroxylation is 1. The molecule has 222 valence electrons. The van der Waals surface area contributed by atoms with E-state index in [2.05, 4.69) is 15.3 Å². The highest BCUT2D eigenvalue weighted by molar-refractivity contribution is 5.91. The molecule has 1 heterocycles. The van der Waals surface area contributed by atoms with Crippen molar-refractivity contribution in [2.75, 3.05) is 45.5 Å². The van der Waals surface area contributed by atoms with Crippen molar-refractivity contribution >= 4 is 28.3 Å². The quantitative estimate of drug-likeness (QED) is 0.298. The number of aromatic nitrogens is 2. The third kappa shape index (κ3) is 7.01. The molecule has 41 heavy (non-hydrogen) atoms. The number of nitrogens with two attached hydrogens (primary N) is 1. The van der Waals surface area contributed by atoms with Gasteiger partial charge in [0.1, 0.15) is 17.4 Å². The van der Waals surface area contributed by atoms with Gasteiger partial charge in [0.05, 0.1) is 30.8 Å². The molecule has 1 aliphatic carbocycles. The molecule has 4 rings (SSSR count).